The van der Waals surface area contributed by atoms with Gasteiger partial charge in [0.2, 0.25) is 0 Å². The lowest BCUT2D eigenvalue weighted by atomic mass is 10.1. The SMILES string of the molecule is O=C(O)c1c(N2CCNCC2)n(-c2ccccc2)c2ccccc12. The zero-order chi connectivity index (χ0) is 16.5. The number of hydrogen-bond donors (Lipinski definition) is 2. The Balaban J connectivity index is 2.06. The quantitative estimate of drug-likeness (QED) is 0.779. The van der Waals surface area contributed by atoms with Crippen molar-refractivity contribution < 1.29 is 9.90 Å². The van der Waals surface area contributed by atoms with Gasteiger partial charge in [0.25, 0.3) is 0 Å². The molecule has 0 radical (unpaired) electrons. The van der Waals surface area contributed by atoms with Crippen LogP contribution in [0, 0.1) is 0 Å². The standard InChI is InChI=1S/C19H19N3O2/c23-19(24)17-15-8-4-5-9-16(15)22(14-6-2-1-3-7-14)18(17)21-12-10-20-11-13-21/h1-9,20H,10-13H2,(H,23,24). The number of anilines is 1. The first-order chi connectivity index (χ1) is 11.8. The van der Waals surface area contributed by atoms with Gasteiger partial charge in [0.1, 0.15) is 11.4 Å². The normalized spacial score (nSPS) is 14.9. The van der Waals surface area contributed by atoms with Gasteiger partial charge in [-0.1, -0.05) is 36.4 Å². The van der Waals surface area contributed by atoms with Crippen molar-refractivity contribution in [2.24, 2.45) is 0 Å². The molecule has 0 bridgehead atoms. The summed E-state index contributed by atoms with van der Waals surface area (Å²) in [4.78, 5) is 14.2. The van der Waals surface area contributed by atoms with Gasteiger partial charge in [0.05, 0.1) is 5.52 Å². The Bertz CT molecular complexity index is 880. The number of nitrogens with one attached hydrogen (secondary N) is 1. The lowest BCUT2D eigenvalue weighted by Crippen LogP contribution is -2.44. The van der Waals surface area contributed by atoms with Crippen LogP contribution in [-0.4, -0.2) is 41.8 Å². The van der Waals surface area contributed by atoms with Crippen molar-refractivity contribution in [1.29, 1.82) is 0 Å². The zero-order valence-electron chi connectivity index (χ0n) is 13.3. The van der Waals surface area contributed by atoms with Crippen molar-refractivity contribution in [2.45, 2.75) is 0 Å². The van der Waals surface area contributed by atoms with Gasteiger partial charge in [-0.15, -0.1) is 0 Å². The molecule has 4 rings (SSSR count). The van der Waals surface area contributed by atoms with E-state index in [1.54, 1.807) is 0 Å². The molecule has 0 atom stereocenters. The number of carboxylic acids is 1. The molecule has 2 N–H and O–H groups in total. The van der Waals surface area contributed by atoms with E-state index in [4.69, 9.17) is 0 Å². The molecule has 1 fully saturated rings. The molecule has 0 aliphatic carbocycles. The van der Waals surface area contributed by atoms with E-state index in [1.807, 2.05) is 54.6 Å². The van der Waals surface area contributed by atoms with Gasteiger partial charge in [0.15, 0.2) is 0 Å². The Hall–Kier alpha value is -2.79. The number of piperazine rings is 1. The fourth-order valence-electron chi connectivity index (χ4n) is 3.45. The minimum atomic E-state index is -0.880. The Labute approximate surface area is 140 Å². The second-order valence-corrected chi connectivity index (χ2v) is 5.93. The van der Waals surface area contributed by atoms with Gasteiger partial charge in [-0.2, -0.15) is 0 Å². The maximum absolute atomic E-state index is 12.1. The third kappa shape index (κ3) is 2.34. The minimum absolute atomic E-state index is 0.386. The van der Waals surface area contributed by atoms with Gasteiger partial charge in [-0.25, -0.2) is 4.79 Å². The summed E-state index contributed by atoms with van der Waals surface area (Å²) in [5, 5.41) is 14.0. The van der Waals surface area contributed by atoms with Crippen LogP contribution in [-0.2, 0) is 0 Å². The van der Waals surface area contributed by atoms with Crippen molar-refractivity contribution in [1.82, 2.24) is 9.88 Å². The van der Waals surface area contributed by atoms with Crippen molar-refractivity contribution >= 4 is 22.7 Å². The third-order valence-corrected chi connectivity index (χ3v) is 4.49. The van der Waals surface area contributed by atoms with Crippen LogP contribution in [0.4, 0.5) is 5.82 Å². The molecule has 2 aromatic carbocycles. The smallest absolute Gasteiger partial charge is 0.340 e. The number of rotatable bonds is 3. The molecule has 5 nitrogen and oxygen atoms in total. The van der Waals surface area contributed by atoms with Crippen LogP contribution in [0.3, 0.4) is 0 Å². The summed E-state index contributed by atoms with van der Waals surface area (Å²) in [6.45, 7) is 3.30. The summed E-state index contributed by atoms with van der Waals surface area (Å²) in [5.41, 5.74) is 2.29. The number of aromatic nitrogens is 1. The number of nitrogens with zero attached hydrogens (tertiary/aromatic N) is 2. The van der Waals surface area contributed by atoms with Gasteiger partial charge in [-0.05, 0) is 18.2 Å². The molecule has 0 unspecified atom stereocenters. The topological polar surface area (TPSA) is 57.5 Å². The first-order valence-corrected chi connectivity index (χ1v) is 8.15. The number of aromatic carboxylic acids is 1. The summed E-state index contributed by atoms with van der Waals surface area (Å²) >= 11 is 0. The van der Waals surface area contributed by atoms with E-state index in [2.05, 4.69) is 14.8 Å². The van der Waals surface area contributed by atoms with Crippen LogP contribution < -0.4 is 10.2 Å². The lowest BCUT2D eigenvalue weighted by Gasteiger charge is -2.31. The Kier molecular flexibility index (Phi) is 3.70. The molecule has 0 amide bonds. The fourth-order valence-corrected chi connectivity index (χ4v) is 3.45. The highest BCUT2D eigenvalue weighted by Crippen LogP contribution is 2.36. The van der Waals surface area contributed by atoms with E-state index < -0.39 is 5.97 Å². The Morgan fingerprint density at radius 1 is 0.958 bits per heavy atom. The summed E-state index contributed by atoms with van der Waals surface area (Å²) in [6.07, 6.45) is 0. The Morgan fingerprint density at radius 2 is 1.62 bits per heavy atom. The predicted octanol–water partition coefficient (Wildman–Crippen LogP) is 2.74. The molecule has 1 saturated heterocycles. The lowest BCUT2D eigenvalue weighted by molar-refractivity contribution is 0.0699. The summed E-state index contributed by atoms with van der Waals surface area (Å²) < 4.78 is 2.07. The first kappa shape index (κ1) is 14.8. The molecule has 24 heavy (non-hydrogen) atoms. The van der Waals surface area contributed by atoms with Gasteiger partial charge >= 0.3 is 5.97 Å². The summed E-state index contributed by atoms with van der Waals surface area (Å²) in [5.74, 6) is -0.106. The van der Waals surface area contributed by atoms with E-state index in [0.717, 1.165) is 48.6 Å². The number of carboxylic acid groups (broad SMARTS) is 1. The number of carbonyl (C=O) groups is 1. The highest BCUT2D eigenvalue weighted by Gasteiger charge is 2.27. The molecular formula is C19H19N3O2. The van der Waals surface area contributed by atoms with E-state index in [9.17, 15) is 9.90 Å². The average Bonchev–Trinajstić information content (AvgIpc) is 2.98. The monoisotopic (exact) mass is 321 g/mol. The van der Waals surface area contributed by atoms with Crippen LogP contribution >= 0.6 is 0 Å². The first-order valence-electron chi connectivity index (χ1n) is 8.15. The van der Waals surface area contributed by atoms with Gasteiger partial charge in [-0.3, -0.25) is 4.57 Å². The molecule has 0 saturated carbocycles. The minimum Gasteiger partial charge on any atom is -0.478 e. The highest BCUT2D eigenvalue weighted by molar-refractivity contribution is 6.10. The van der Waals surface area contributed by atoms with Crippen LogP contribution in [0.25, 0.3) is 16.6 Å². The molecule has 122 valence electrons. The molecule has 0 spiro atoms. The maximum atomic E-state index is 12.1. The Morgan fingerprint density at radius 3 is 2.33 bits per heavy atom. The third-order valence-electron chi connectivity index (χ3n) is 4.49. The van der Waals surface area contributed by atoms with Crippen molar-refractivity contribution in [3.63, 3.8) is 0 Å². The number of fused-ring (bicyclic) bond motifs is 1. The van der Waals surface area contributed by atoms with Crippen LogP contribution in [0.1, 0.15) is 10.4 Å². The van der Waals surface area contributed by atoms with E-state index in [1.165, 1.54) is 0 Å². The average molecular weight is 321 g/mol. The molecule has 2 heterocycles. The largest absolute Gasteiger partial charge is 0.478 e. The molecular weight excluding hydrogens is 302 g/mol. The molecule has 1 aliphatic rings. The van der Waals surface area contributed by atoms with Crippen molar-refractivity contribution in [3.8, 4) is 5.69 Å². The van der Waals surface area contributed by atoms with Gasteiger partial charge in [0, 0.05) is 37.3 Å². The molecule has 3 aromatic rings. The fraction of sp³-hybridized carbons (Fsp3) is 0.211. The maximum Gasteiger partial charge on any atom is 0.340 e. The van der Waals surface area contributed by atoms with Crippen LogP contribution in [0.2, 0.25) is 0 Å². The van der Waals surface area contributed by atoms with E-state index in [-0.39, 0.29) is 0 Å². The zero-order valence-corrected chi connectivity index (χ0v) is 13.3. The van der Waals surface area contributed by atoms with Crippen molar-refractivity contribution in [3.05, 3.63) is 60.2 Å². The summed E-state index contributed by atoms with van der Waals surface area (Å²) in [6, 6.07) is 17.7. The number of para-hydroxylation sites is 2. The van der Waals surface area contributed by atoms with Gasteiger partial charge < -0.3 is 15.3 Å². The molecule has 1 aliphatic heterocycles. The second-order valence-electron chi connectivity index (χ2n) is 5.93. The van der Waals surface area contributed by atoms with Crippen molar-refractivity contribution in [2.75, 3.05) is 31.1 Å². The van der Waals surface area contributed by atoms with E-state index >= 15 is 0 Å². The summed E-state index contributed by atoms with van der Waals surface area (Å²) in [7, 11) is 0. The highest BCUT2D eigenvalue weighted by atomic mass is 16.4. The van der Waals surface area contributed by atoms with Crippen LogP contribution in [0.15, 0.2) is 54.6 Å². The van der Waals surface area contributed by atoms with Crippen LogP contribution in [0.5, 0.6) is 0 Å². The number of benzene rings is 2. The number of hydrogen-bond acceptors (Lipinski definition) is 3. The second kappa shape index (κ2) is 6.02. The van der Waals surface area contributed by atoms with E-state index in [0.29, 0.717) is 5.56 Å². The molecule has 5 heteroatoms. The predicted molar refractivity (Wildman–Crippen MR) is 95.3 cm³/mol. The molecule has 1 aromatic heterocycles.